The van der Waals surface area contributed by atoms with Crippen LogP contribution in [0.5, 0.6) is 5.75 Å². The molecule has 2 nitrogen and oxygen atoms in total. The predicted octanol–water partition coefficient (Wildman–Crippen LogP) is 4.70. The minimum Gasteiger partial charge on any atom is -0.497 e. The van der Waals surface area contributed by atoms with E-state index >= 15 is 0 Å². The predicted molar refractivity (Wildman–Crippen MR) is 81.8 cm³/mol. The lowest BCUT2D eigenvalue weighted by molar-refractivity contribution is 0.413. The Morgan fingerprint density at radius 3 is 2.95 bits per heavy atom. The number of hydrogen-bond acceptors (Lipinski definition) is 2. The maximum absolute atomic E-state index is 13.9. The molecule has 1 N–H and O–H groups in total. The quantitative estimate of drug-likeness (QED) is 0.859. The van der Waals surface area contributed by atoms with Gasteiger partial charge in [0.1, 0.15) is 11.6 Å². The van der Waals surface area contributed by atoms with Crippen LogP contribution in [-0.4, -0.2) is 7.11 Å². The normalized spacial score (nSPS) is 17.2. The summed E-state index contributed by atoms with van der Waals surface area (Å²) < 4.78 is 19.9. The molecule has 0 aromatic heterocycles. The molecule has 4 heteroatoms. The number of hydrogen-bond donors (Lipinski definition) is 1. The van der Waals surface area contributed by atoms with Gasteiger partial charge >= 0.3 is 0 Å². The highest BCUT2D eigenvalue weighted by Crippen LogP contribution is 2.36. The van der Waals surface area contributed by atoms with Gasteiger partial charge in [0.05, 0.1) is 13.2 Å². The van der Waals surface area contributed by atoms with Crippen molar-refractivity contribution in [2.45, 2.75) is 18.9 Å². The van der Waals surface area contributed by atoms with E-state index in [1.807, 2.05) is 24.3 Å². The maximum Gasteiger partial charge on any atom is 0.129 e. The van der Waals surface area contributed by atoms with Crippen molar-refractivity contribution in [1.29, 1.82) is 0 Å². The standard InChI is InChI=1S/C16H15BrFNO/c1-20-12-4-2-3-10(7-12)15-6-5-13-14(18)8-11(17)9-16(13)19-15/h2-4,7-9,15,19H,5-6H2,1H3. The van der Waals surface area contributed by atoms with E-state index in [4.69, 9.17) is 4.74 Å². The summed E-state index contributed by atoms with van der Waals surface area (Å²) in [5, 5.41) is 3.42. The Balaban J connectivity index is 1.91. The first-order valence-corrected chi connectivity index (χ1v) is 7.35. The molecule has 0 fully saturated rings. The summed E-state index contributed by atoms with van der Waals surface area (Å²) in [6.07, 6.45) is 1.61. The molecule has 104 valence electrons. The molecule has 0 aliphatic carbocycles. The van der Waals surface area contributed by atoms with Gasteiger partial charge < -0.3 is 10.1 Å². The van der Waals surface area contributed by atoms with Gasteiger partial charge in [0.15, 0.2) is 0 Å². The van der Waals surface area contributed by atoms with Crippen LogP contribution in [0.2, 0.25) is 0 Å². The van der Waals surface area contributed by atoms with Crippen molar-refractivity contribution in [3.63, 3.8) is 0 Å². The number of methoxy groups -OCH3 is 1. The molecule has 0 spiro atoms. The molecule has 1 unspecified atom stereocenters. The van der Waals surface area contributed by atoms with E-state index in [1.165, 1.54) is 6.07 Å². The van der Waals surface area contributed by atoms with E-state index in [-0.39, 0.29) is 11.9 Å². The third kappa shape index (κ3) is 2.52. The van der Waals surface area contributed by atoms with Gasteiger partial charge in [0.2, 0.25) is 0 Å². The number of halogens is 2. The van der Waals surface area contributed by atoms with Crippen LogP contribution in [0.4, 0.5) is 10.1 Å². The molecule has 1 atom stereocenters. The summed E-state index contributed by atoms with van der Waals surface area (Å²) in [6.45, 7) is 0. The van der Waals surface area contributed by atoms with E-state index in [0.717, 1.165) is 39.9 Å². The van der Waals surface area contributed by atoms with Crippen molar-refractivity contribution in [3.05, 3.63) is 57.8 Å². The molecule has 20 heavy (non-hydrogen) atoms. The fourth-order valence-corrected chi connectivity index (χ4v) is 3.07. The maximum atomic E-state index is 13.9. The number of anilines is 1. The number of benzene rings is 2. The molecular weight excluding hydrogens is 321 g/mol. The molecule has 0 saturated carbocycles. The number of nitrogens with one attached hydrogen (secondary N) is 1. The zero-order valence-corrected chi connectivity index (χ0v) is 12.7. The lowest BCUT2D eigenvalue weighted by Gasteiger charge is -2.28. The zero-order chi connectivity index (χ0) is 14.1. The van der Waals surface area contributed by atoms with Crippen LogP contribution in [0.1, 0.15) is 23.6 Å². The average Bonchev–Trinajstić information content (AvgIpc) is 2.46. The van der Waals surface area contributed by atoms with Gasteiger partial charge in [-0.05, 0) is 42.7 Å². The highest BCUT2D eigenvalue weighted by molar-refractivity contribution is 9.10. The van der Waals surface area contributed by atoms with Crippen LogP contribution < -0.4 is 10.1 Å². The van der Waals surface area contributed by atoms with Gasteiger partial charge in [0.25, 0.3) is 0 Å². The molecule has 2 aromatic carbocycles. The monoisotopic (exact) mass is 335 g/mol. The highest BCUT2D eigenvalue weighted by Gasteiger charge is 2.22. The molecule has 1 aliphatic rings. The van der Waals surface area contributed by atoms with Crippen molar-refractivity contribution >= 4 is 21.6 Å². The molecular formula is C16H15BrFNO. The Labute approximate surface area is 126 Å². The first kappa shape index (κ1) is 13.4. The van der Waals surface area contributed by atoms with Crippen molar-refractivity contribution in [2.75, 3.05) is 12.4 Å². The lowest BCUT2D eigenvalue weighted by Crippen LogP contribution is -2.19. The van der Waals surface area contributed by atoms with E-state index < -0.39 is 0 Å². The van der Waals surface area contributed by atoms with E-state index in [1.54, 1.807) is 7.11 Å². The zero-order valence-electron chi connectivity index (χ0n) is 11.1. The summed E-state index contributed by atoms with van der Waals surface area (Å²) in [4.78, 5) is 0. The van der Waals surface area contributed by atoms with Gasteiger partial charge in [-0.3, -0.25) is 0 Å². The van der Waals surface area contributed by atoms with E-state index in [9.17, 15) is 4.39 Å². The van der Waals surface area contributed by atoms with Crippen molar-refractivity contribution < 1.29 is 9.13 Å². The Morgan fingerprint density at radius 2 is 2.15 bits per heavy atom. The lowest BCUT2D eigenvalue weighted by atomic mass is 9.93. The number of ether oxygens (including phenoxy) is 1. The Hall–Kier alpha value is -1.55. The molecule has 3 rings (SSSR count). The highest BCUT2D eigenvalue weighted by atomic mass is 79.9. The average molecular weight is 336 g/mol. The topological polar surface area (TPSA) is 21.3 Å². The summed E-state index contributed by atoms with van der Waals surface area (Å²) in [7, 11) is 1.66. The molecule has 0 radical (unpaired) electrons. The van der Waals surface area contributed by atoms with Crippen LogP contribution in [0.15, 0.2) is 40.9 Å². The van der Waals surface area contributed by atoms with Crippen molar-refractivity contribution in [3.8, 4) is 5.75 Å². The van der Waals surface area contributed by atoms with Crippen LogP contribution in [0, 0.1) is 5.82 Å². The summed E-state index contributed by atoms with van der Waals surface area (Å²) in [5.74, 6) is 0.696. The Bertz CT molecular complexity index is 644. The molecule has 2 aromatic rings. The minimum atomic E-state index is -0.147. The molecule has 1 heterocycles. The first-order chi connectivity index (χ1) is 9.67. The largest absolute Gasteiger partial charge is 0.497 e. The first-order valence-electron chi connectivity index (χ1n) is 6.56. The van der Waals surface area contributed by atoms with Gasteiger partial charge in [-0.1, -0.05) is 28.1 Å². The second-order valence-electron chi connectivity index (χ2n) is 4.93. The Morgan fingerprint density at radius 1 is 1.30 bits per heavy atom. The minimum absolute atomic E-state index is 0.147. The Kier molecular flexibility index (Phi) is 3.66. The fraction of sp³-hybridized carbons (Fsp3) is 0.250. The van der Waals surface area contributed by atoms with Crippen LogP contribution in [0.25, 0.3) is 0 Å². The van der Waals surface area contributed by atoms with E-state index in [2.05, 4.69) is 27.3 Å². The smallest absolute Gasteiger partial charge is 0.129 e. The van der Waals surface area contributed by atoms with E-state index in [0.29, 0.717) is 0 Å². The molecule has 0 saturated heterocycles. The number of fused-ring (bicyclic) bond motifs is 1. The van der Waals surface area contributed by atoms with Gasteiger partial charge in [-0.2, -0.15) is 0 Å². The summed E-state index contributed by atoms with van der Waals surface area (Å²) >= 11 is 3.34. The SMILES string of the molecule is COc1cccc(C2CCc3c(F)cc(Br)cc3N2)c1. The van der Waals surface area contributed by atoms with Crippen molar-refractivity contribution in [1.82, 2.24) is 0 Å². The van der Waals surface area contributed by atoms with Gasteiger partial charge in [0, 0.05) is 15.7 Å². The molecule has 0 amide bonds. The van der Waals surface area contributed by atoms with Gasteiger partial charge in [-0.15, -0.1) is 0 Å². The number of rotatable bonds is 2. The summed E-state index contributed by atoms with van der Waals surface area (Å²) in [6, 6.07) is 11.6. The van der Waals surface area contributed by atoms with Crippen LogP contribution >= 0.6 is 15.9 Å². The summed E-state index contributed by atoms with van der Waals surface area (Å²) in [5.41, 5.74) is 2.80. The third-order valence-corrected chi connectivity index (χ3v) is 4.13. The second kappa shape index (κ2) is 5.44. The fourth-order valence-electron chi connectivity index (χ4n) is 2.64. The van der Waals surface area contributed by atoms with Crippen LogP contribution in [-0.2, 0) is 6.42 Å². The molecule has 0 bridgehead atoms. The second-order valence-corrected chi connectivity index (χ2v) is 5.84. The van der Waals surface area contributed by atoms with Crippen molar-refractivity contribution in [2.24, 2.45) is 0 Å². The molecule has 1 aliphatic heterocycles. The van der Waals surface area contributed by atoms with Crippen LogP contribution in [0.3, 0.4) is 0 Å². The van der Waals surface area contributed by atoms with Gasteiger partial charge in [-0.25, -0.2) is 4.39 Å². The third-order valence-electron chi connectivity index (χ3n) is 3.67.